The van der Waals surface area contributed by atoms with Crippen molar-refractivity contribution < 1.29 is 29.4 Å². The number of hydrogen-bond donors (Lipinski definition) is 3. The second-order valence-corrected chi connectivity index (χ2v) is 3.49. The van der Waals surface area contributed by atoms with Crippen LogP contribution in [0.15, 0.2) is 0 Å². The first-order valence-corrected chi connectivity index (χ1v) is 4.95. The van der Waals surface area contributed by atoms with E-state index in [1.807, 2.05) is 0 Å². The van der Waals surface area contributed by atoms with E-state index >= 15 is 0 Å². The maximum atomic E-state index is 9.67. The molecule has 1 aliphatic rings. The Morgan fingerprint density at radius 1 is 1.40 bits per heavy atom. The minimum Gasteiger partial charge on any atom is -0.406 e. The minimum absolute atomic E-state index is 0.0320. The predicted molar refractivity (Wildman–Crippen MR) is 52.1 cm³/mol. The summed E-state index contributed by atoms with van der Waals surface area (Å²) in [4.78, 5) is 0. The van der Waals surface area contributed by atoms with Crippen molar-refractivity contribution >= 4 is 7.12 Å². The second-order valence-electron chi connectivity index (χ2n) is 3.49. The van der Waals surface area contributed by atoms with E-state index in [1.165, 1.54) is 0 Å². The molecule has 6 nitrogen and oxygen atoms in total. The van der Waals surface area contributed by atoms with Crippen molar-refractivity contribution in [3.63, 3.8) is 0 Å². The quantitative estimate of drug-likeness (QED) is 0.390. The molecule has 0 bridgehead atoms. The van der Waals surface area contributed by atoms with Gasteiger partial charge < -0.3 is 29.4 Å². The molecule has 1 fully saturated rings. The Kier molecular flexibility index (Phi) is 4.97. The first kappa shape index (κ1) is 12.9. The molecule has 0 aromatic rings. The van der Waals surface area contributed by atoms with E-state index < -0.39 is 25.6 Å². The first-order valence-electron chi connectivity index (χ1n) is 4.95. The molecule has 1 rings (SSSR count). The molecule has 1 heterocycles. The fourth-order valence-electron chi connectivity index (χ4n) is 1.54. The van der Waals surface area contributed by atoms with Gasteiger partial charge in [0, 0.05) is 0 Å². The zero-order chi connectivity index (χ0) is 11.4. The van der Waals surface area contributed by atoms with Gasteiger partial charge >= 0.3 is 7.12 Å². The van der Waals surface area contributed by atoms with Crippen molar-refractivity contribution in [3.05, 3.63) is 0 Å². The van der Waals surface area contributed by atoms with Crippen LogP contribution in [-0.2, 0) is 14.0 Å². The summed E-state index contributed by atoms with van der Waals surface area (Å²) in [7, 11) is -0.398. The minimum atomic E-state index is -1.38. The molecular weight excluding hydrogens is 203 g/mol. The smallest absolute Gasteiger partial charge is 0.406 e. The highest BCUT2D eigenvalue weighted by atomic mass is 16.7. The molecule has 0 aromatic heterocycles. The molecule has 0 radical (unpaired) electrons. The Hall–Kier alpha value is -0.175. The van der Waals surface area contributed by atoms with Gasteiger partial charge in [0.1, 0.15) is 6.10 Å². The standard InChI is InChI=1S/C8H17BO6/c1-5-7(15-9(2)14-5)6(11)8(12)13-4-3-10/h5-8,10-12H,3-4H2,1-2H3/t5-,6?,7?,8?/m0/s1. The molecule has 88 valence electrons. The van der Waals surface area contributed by atoms with Crippen molar-refractivity contribution in [2.24, 2.45) is 0 Å². The lowest BCUT2D eigenvalue weighted by atomic mass is 9.97. The van der Waals surface area contributed by atoms with E-state index in [2.05, 4.69) is 0 Å². The van der Waals surface area contributed by atoms with Crippen molar-refractivity contribution in [1.29, 1.82) is 0 Å². The summed E-state index contributed by atoms with van der Waals surface area (Å²) in [6.45, 7) is 3.22. The summed E-state index contributed by atoms with van der Waals surface area (Å²) in [6, 6.07) is 0. The SMILES string of the molecule is CB1OC(C(O)C(O)OCCO)[C@H](C)O1. The second kappa shape index (κ2) is 5.79. The monoisotopic (exact) mass is 220 g/mol. The van der Waals surface area contributed by atoms with Crippen LogP contribution in [0.25, 0.3) is 0 Å². The molecule has 1 aliphatic heterocycles. The molecule has 0 aromatic carbocycles. The molecule has 7 heteroatoms. The number of hydrogen-bond acceptors (Lipinski definition) is 6. The largest absolute Gasteiger partial charge is 0.454 e. The van der Waals surface area contributed by atoms with Gasteiger partial charge in [-0.1, -0.05) is 0 Å². The van der Waals surface area contributed by atoms with Crippen LogP contribution in [-0.4, -0.2) is 60.3 Å². The van der Waals surface area contributed by atoms with Gasteiger partial charge in [-0.05, 0) is 13.7 Å². The summed E-state index contributed by atoms with van der Waals surface area (Å²) in [6.07, 6.45) is -3.48. The van der Waals surface area contributed by atoms with E-state index in [9.17, 15) is 10.2 Å². The van der Waals surface area contributed by atoms with E-state index in [1.54, 1.807) is 13.7 Å². The highest BCUT2D eigenvalue weighted by Gasteiger charge is 2.41. The molecule has 0 amide bonds. The number of aliphatic hydroxyl groups excluding tert-OH is 3. The Bertz CT molecular complexity index is 192. The third-order valence-corrected chi connectivity index (χ3v) is 2.23. The summed E-state index contributed by atoms with van der Waals surface area (Å²) < 4.78 is 15.3. The van der Waals surface area contributed by atoms with Crippen LogP contribution in [0.1, 0.15) is 6.92 Å². The lowest BCUT2D eigenvalue weighted by Crippen LogP contribution is -2.43. The normalized spacial score (nSPS) is 30.6. The van der Waals surface area contributed by atoms with Gasteiger partial charge in [0.2, 0.25) is 0 Å². The molecule has 0 spiro atoms. The van der Waals surface area contributed by atoms with Crippen LogP contribution in [0.3, 0.4) is 0 Å². The summed E-state index contributed by atoms with van der Waals surface area (Å²) in [5.41, 5.74) is 0. The predicted octanol–water partition coefficient (Wildman–Crippen LogP) is -1.40. The van der Waals surface area contributed by atoms with E-state index in [0.717, 1.165) is 0 Å². The van der Waals surface area contributed by atoms with Crippen LogP contribution in [0.4, 0.5) is 0 Å². The van der Waals surface area contributed by atoms with Crippen LogP contribution in [0, 0.1) is 0 Å². The lowest BCUT2D eigenvalue weighted by Gasteiger charge is -2.25. The van der Waals surface area contributed by atoms with Gasteiger partial charge in [-0.2, -0.15) is 0 Å². The van der Waals surface area contributed by atoms with Crippen molar-refractivity contribution in [3.8, 4) is 0 Å². The maximum Gasteiger partial charge on any atom is 0.454 e. The average molecular weight is 220 g/mol. The van der Waals surface area contributed by atoms with Gasteiger partial charge in [-0.15, -0.1) is 0 Å². The summed E-state index contributed by atoms with van der Waals surface area (Å²) >= 11 is 0. The molecule has 0 saturated carbocycles. The van der Waals surface area contributed by atoms with Gasteiger partial charge in [0.25, 0.3) is 0 Å². The fourth-order valence-corrected chi connectivity index (χ4v) is 1.54. The van der Waals surface area contributed by atoms with Gasteiger partial charge in [0.05, 0.1) is 25.4 Å². The summed E-state index contributed by atoms with van der Waals surface area (Å²) in [5.74, 6) is 0. The van der Waals surface area contributed by atoms with Gasteiger partial charge in [0.15, 0.2) is 6.29 Å². The molecule has 3 N–H and O–H groups in total. The zero-order valence-corrected chi connectivity index (χ0v) is 8.87. The van der Waals surface area contributed by atoms with Crippen LogP contribution >= 0.6 is 0 Å². The molecule has 4 atom stereocenters. The zero-order valence-electron chi connectivity index (χ0n) is 8.87. The van der Waals surface area contributed by atoms with Gasteiger partial charge in [-0.3, -0.25) is 0 Å². The average Bonchev–Trinajstić information content (AvgIpc) is 2.53. The summed E-state index contributed by atoms with van der Waals surface area (Å²) in [5, 5.41) is 27.5. The van der Waals surface area contributed by atoms with Crippen LogP contribution in [0.2, 0.25) is 6.82 Å². The molecule has 1 saturated heterocycles. The van der Waals surface area contributed by atoms with Crippen molar-refractivity contribution in [1.82, 2.24) is 0 Å². The third-order valence-electron chi connectivity index (χ3n) is 2.23. The van der Waals surface area contributed by atoms with Crippen LogP contribution < -0.4 is 0 Å². The van der Waals surface area contributed by atoms with E-state index in [4.69, 9.17) is 19.2 Å². The maximum absolute atomic E-state index is 9.67. The highest BCUT2D eigenvalue weighted by molar-refractivity contribution is 6.43. The third kappa shape index (κ3) is 3.41. The van der Waals surface area contributed by atoms with Crippen molar-refractivity contribution in [2.75, 3.05) is 13.2 Å². The molecular formula is C8H17BO6. The Morgan fingerprint density at radius 3 is 2.53 bits per heavy atom. The number of ether oxygens (including phenoxy) is 1. The van der Waals surface area contributed by atoms with E-state index in [-0.39, 0.29) is 19.3 Å². The highest BCUT2D eigenvalue weighted by Crippen LogP contribution is 2.21. The van der Waals surface area contributed by atoms with E-state index in [0.29, 0.717) is 0 Å². The Morgan fingerprint density at radius 2 is 2.07 bits per heavy atom. The van der Waals surface area contributed by atoms with Gasteiger partial charge in [-0.25, -0.2) is 0 Å². The lowest BCUT2D eigenvalue weighted by molar-refractivity contribution is -0.189. The Labute approximate surface area is 88.9 Å². The Balaban J connectivity index is 2.41. The number of rotatable bonds is 5. The van der Waals surface area contributed by atoms with Crippen molar-refractivity contribution in [2.45, 2.75) is 38.3 Å². The number of aliphatic hydroxyl groups is 3. The topological polar surface area (TPSA) is 88.4 Å². The van der Waals surface area contributed by atoms with Crippen LogP contribution in [0.5, 0.6) is 0 Å². The fraction of sp³-hybridized carbons (Fsp3) is 1.00. The first-order chi connectivity index (χ1) is 7.06. The molecule has 15 heavy (non-hydrogen) atoms. The molecule has 0 aliphatic carbocycles. The molecule has 3 unspecified atom stereocenters.